The summed E-state index contributed by atoms with van der Waals surface area (Å²) in [4.78, 5) is 8.58. The first kappa shape index (κ1) is 18.7. The first-order chi connectivity index (χ1) is 15.2. The molecule has 1 N–H and O–H groups in total. The number of benzene rings is 1. The Morgan fingerprint density at radius 2 is 1.81 bits per heavy atom. The minimum Gasteiger partial charge on any atom is -0.454 e. The van der Waals surface area contributed by atoms with Crippen molar-refractivity contribution in [1.82, 2.24) is 19.7 Å². The van der Waals surface area contributed by atoms with Crippen molar-refractivity contribution < 1.29 is 9.52 Å². The van der Waals surface area contributed by atoms with Gasteiger partial charge in [-0.1, -0.05) is 24.3 Å². The average molecular weight is 407 g/mol. The van der Waals surface area contributed by atoms with E-state index in [0.29, 0.717) is 23.5 Å². The number of aliphatic hydroxyl groups excluding tert-OH is 1. The SMILES string of the molecule is N#Cc1cncc(-c2ccnc3cc(-c4ccc(-c5cnn(CCO)c5)cc4)oc23)c1. The maximum Gasteiger partial charge on any atom is 0.161 e. The second kappa shape index (κ2) is 7.86. The fraction of sp³-hybridized carbons (Fsp3) is 0.0833. The highest BCUT2D eigenvalue weighted by molar-refractivity contribution is 5.92. The number of fused-ring (bicyclic) bond motifs is 1. The van der Waals surface area contributed by atoms with Crippen molar-refractivity contribution in [2.45, 2.75) is 6.54 Å². The van der Waals surface area contributed by atoms with Crippen molar-refractivity contribution in [3.8, 4) is 39.6 Å². The van der Waals surface area contributed by atoms with Crippen molar-refractivity contribution >= 4 is 11.1 Å². The second-order valence-corrected chi connectivity index (χ2v) is 7.05. The van der Waals surface area contributed by atoms with Gasteiger partial charge in [0.1, 0.15) is 17.3 Å². The molecule has 0 fully saturated rings. The Kier molecular flexibility index (Phi) is 4.75. The Morgan fingerprint density at radius 1 is 0.968 bits per heavy atom. The van der Waals surface area contributed by atoms with Gasteiger partial charge >= 0.3 is 0 Å². The van der Waals surface area contributed by atoms with Crippen LogP contribution in [0.5, 0.6) is 0 Å². The molecule has 150 valence electrons. The van der Waals surface area contributed by atoms with Crippen LogP contribution in [0.2, 0.25) is 0 Å². The second-order valence-electron chi connectivity index (χ2n) is 7.05. The maximum atomic E-state index is 9.17. The summed E-state index contributed by atoms with van der Waals surface area (Å²) in [6.07, 6.45) is 8.66. The number of aromatic nitrogens is 4. The van der Waals surface area contributed by atoms with Gasteiger partial charge in [0.25, 0.3) is 0 Å². The summed E-state index contributed by atoms with van der Waals surface area (Å²) in [5.41, 5.74) is 6.48. The predicted molar refractivity (Wildman–Crippen MR) is 116 cm³/mol. The lowest BCUT2D eigenvalue weighted by atomic mass is 10.1. The van der Waals surface area contributed by atoms with E-state index in [-0.39, 0.29) is 6.61 Å². The van der Waals surface area contributed by atoms with E-state index in [2.05, 4.69) is 21.1 Å². The highest BCUT2D eigenvalue weighted by atomic mass is 16.3. The van der Waals surface area contributed by atoms with Crippen LogP contribution in [0.3, 0.4) is 0 Å². The minimum atomic E-state index is 0.0546. The van der Waals surface area contributed by atoms with Crippen molar-refractivity contribution in [3.05, 3.63) is 79.0 Å². The fourth-order valence-corrected chi connectivity index (χ4v) is 3.52. The third kappa shape index (κ3) is 3.56. The van der Waals surface area contributed by atoms with Crippen LogP contribution in [0.1, 0.15) is 5.56 Å². The molecule has 7 heteroatoms. The predicted octanol–water partition coefficient (Wildman–Crippen LogP) is 4.28. The molecule has 0 radical (unpaired) electrons. The summed E-state index contributed by atoms with van der Waals surface area (Å²) < 4.78 is 7.89. The number of hydrogen-bond acceptors (Lipinski definition) is 6. The topological polar surface area (TPSA) is 101 Å². The van der Waals surface area contributed by atoms with Gasteiger partial charge < -0.3 is 9.52 Å². The molecule has 0 saturated heterocycles. The van der Waals surface area contributed by atoms with E-state index in [1.165, 1.54) is 6.20 Å². The zero-order valence-electron chi connectivity index (χ0n) is 16.4. The van der Waals surface area contributed by atoms with Gasteiger partial charge in [0.2, 0.25) is 0 Å². The number of aliphatic hydroxyl groups is 1. The number of pyridine rings is 2. The lowest BCUT2D eigenvalue weighted by Gasteiger charge is -2.02. The Balaban J connectivity index is 1.50. The fourth-order valence-electron chi connectivity index (χ4n) is 3.52. The smallest absolute Gasteiger partial charge is 0.161 e. The van der Waals surface area contributed by atoms with E-state index in [1.807, 2.05) is 42.6 Å². The quantitative estimate of drug-likeness (QED) is 0.467. The third-order valence-corrected chi connectivity index (χ3v) is 5.06. The van der Waals surface area contributed by atoms with Crippen LogP contribution in [0.4, 0.5) is 0 Å². The van der Waals surface area contributed by atoms with Crippen molar-refractivity contribution in [2.24, 2.45) is 0 Å². The first-order valence-corrected chi connectivity index (χ1v) is 9.73. The monoisotopic (exact) mass is 407 g/mol. The van der Waals surface area contributed by atoms with Crippen molar-refractivity contribution in [1.29, 1.82) is 5.26 Å². The van der Waals surface area contributed by atoms with Crippen molar-refractivity contribution in [3.63, 3.8) is 0 Å². The third-order valence-electron chi connectivity index (χ3n) is 5.06. The molecule has 0 bridgehead atoms. The lowest BCUT2D eigenvalue weighted by molar-refractivity contribution is 0.269. The zero-order chi connectivity index (χ0) is 21.2. The Morgan fingerprint density at radius 3 is 2.61 bits per heavy atom. The Bertz CT molecular complexity index is 1410. The molecule has 0 aliphatic rings. The van der Waals surface area contributed by atoms with Crippen LogP contribution >= 0.6 is 0 Å². The molecule has 31 heavy (non-hydrogen) atoms. The molecule has 7 nitrogen and oxygen atoms in total. The number of furan rings is 1. The molecule has 0 spiro atoms. The van der Waals surface area contributed by atoms with Crippen LogP contribution in [-0.4, -0.2) is 31.5 Å². The van der Waals surface area contributed by atoms with Gasteiger partial charge in [-0.05, 0) is 17.7 Å². The van der Waals surface area contributed by atoms with Crippen LogP contribution in [0.15, 0.2) is 77.9 Å². The van der Waals surface area contributed by atoms with Gasteiger partial charge in [0.05, 0.1) is 24.9 Å². The Hall–Kier alpha value is -4.28. The summed E-state index contributed by atoms with van der Waals surface area (Å²) in [5.74, 6) is 0.710. The maximum absolute atomic E-state index is 9.17. The van der Waals surface area contributed by atoms with E-state index in [4.69, 9.17) is 14.8 Å². The molecule has 1 aromatic carbocycles. The summed E-state index contributed by atoms with van der Waals surface area (Å²) in [7, 11) is 0. The summed E-state index contributed by atoms with van der Waals surface area (Å²) in [5, 5.41) is 22.5. The lowest BCUT2D eigenvalue weighted by Crippen LogP contribution is -2.01. The number of hydrogen-bond donors (Lipinski definition) is 1. The number of rotatable bonds is 5. The molecule has 0 aliphatic heterocycles. The molecular formula is C24H17N5O2. The summed E-state index contributed by atoms with van der Waals surface area (Å²) in [6, 6.07) is 15.7. The zero-order valence-corrected chi connectivity index (χ0v) is 16.4. The molecule has 4 heterocycles. The van der Waals surface area contributed by atoms with Gasteiger partial charge in [-0.2, -0.15) is 10.4 Å². The van der Waals surface area contributed by atoms with Crippen LogP contribution in [0, 0.1) is 11.3 Å². The van der Waals surface area contributed by atoms with Crippen molar-refractivity contribution in [2.75, 3.05) is 6.61 Å². The highest BCUT2D eigenvalue weighted by Crippen LogP contribution is 2.34. The van der Waals surface area contributed by atoms with E-state index < -0.39 is 0 Å². The number of nitriles is 1. The molecule has 0 aliphatic carbocycles. The Labute approximate surface area is 177 Å². The molecule has 4 aromatic heterocycles. The molecule has 0 atom stereocenters. The van der Waals surface area contributed by atoms with Crippen LogP contribution in [0.25, 0.3) is 44.7 Å². The van der Waals surface area contributed by atoms with Gasteiger partial charge in [0.15, 0.2) is 5.58 Å². The number of nitrogens with zero attached hydrogens (tertiary/aromatic N) is 5. The molecule has 5 rings (SSSR count). The van der Waals surface area contributed by atoms with E-state index in [0.717, 1.165) is 33.3 Å². The van der Waals surface area contributed by atoms with E-state index in [9.17, 15) is 0 Å². The minimum absolute atomic E-state index is 0.0546. The van der Waals surface area contributed by atoms with E-state index in [1.54, 1.807) is 29.3 Å². The summed E-state index contributed by atoms with van der Waals surface area (Å²) >= 11 is 0. The molecule has 5 aromatic rings. The van der Waals surface area contributed by atoms with Gasteiger partial charge in [-0.3, -0.25) is 14.6 Å². The van der Waals surface area contributed by atoms with Crippen LogP contribution < -0.4 is 0 Å². The molecule has 0 amide bonds. The normalized spacial score (nSPS) is 11.0. The van der Waals surface area contributed by atoms with Gasteiger partial charge in [-0.15, -0.1) is 0 Å². The van der Waals surface area contributed by atoms with E-state index >= 15 is 0 Å². The largest absolute Gasteiger partial charge is 0.454 e. The molecular weight excluding hydrogens is 390 g/mol. The standard InChI is InChI=1S/C24H17N5O2/c25-11-16-9-19(13-26-12-16)21-5-6-27-22-10-23(31-24(21)22)18-3-1-17(2-4-18)20-14-28-29(15-20)7-8-30/h1-6,9-10,12-15,30H,7-8H2. The first-order valence-electron chi connectivity index (χ1n) is 9.73. The molecule has 0 unspecified atom stereocenters. The van der Waals surface area contributed by atoms with Gasteiger partial charge in [-0.25, -0.2) is 0 Å². The molecule has 0 saturated carbocycles. The summed E-state index contributed by atoms with van der Waals surface area (Å²) in [6.45, 7) is 0.526. The van der Waals surface area contributed by atoms with Crippen LogP contribution in [-0.2, 0) is 6.54 Å². The van der Waals surface area contributed by atoms with Gasteiger partial charge in [0, 0.05) is 53.1 Å². The average Bonchev–Trinajstić information content (AvgIpc) is 3.46. The highest BCUT2D eigenvalue weighted by Gasteiger charge is 2.13.